The largest absolute Gasteiger partial charge is 0.494 e. The smallest absolute Gasteiger partial charge is 0.151 e. The lowest BCUT2D eigenvalue weighted by molar-refractivity contribution is 0.112. The molecule has 0 aliphatic rings. The minimum atomic E-state index is 0.329. The Hall–Kier alpha value is -1.22. The van der Waals surface area contributed by atoms with E-state index in [1.165, 1.54) is 0 Å². The van der Waals surface area contributed by atoms with Gasteiger partial charge in [0.2, 0.25) is 0 Å². The lowest BCUT2D eigenvalue weighted by Gasteiger charge is -2.10. The van der Waals surface area contributed by atoms with E-state index in [1.807, 2.05) is 13.8 Å². The first kappa shape index (κ1) is 11.9. The summed E-state index contributed by atoms with van der Waals surface area (Å²) >= 11 is 5.95. The number of halogens is 1. The predicted molar refractivity (Wildman–Crippen MR) is 59.2 cm³/mol. The summed E-state index contributed by atoms with van der Waals surface area (Å²) in [5, 5.41) is 0.329. The molecule has 0 saturated heterocycles. The van der Waals surface area contributed by atoms with Crippen molar-refractivity contribution in [3.05, 3.63) is 22.7 Å². The molecule has 0 bridgehead atoms. The van der Waals surface area contributed by atoms with E-state index in [1.54, 1.807) is 12.1 Å². The van der Waals surface area contributed by atoms with Crippen LogP contribution in [0.3, 0.4) is 0 Å². The fourth-order valence-electron chi connectivity index (χ4n) is 1.19. The second-order valence-corrected chi connectivity index (χ2v) is 3.19. The molecule has 82 valence electrons. The van der Waals surface area contributed by atoms with Crippen molar-refractivity contribution in [1.29, 1.82) is 0 Å². The SMILES string of the molecule is CCOc1cc(C=O)c(Cl)c(OCC)c1. The monoisotopic (exact) mass is 228 g/mol. The van der Waals surface area contributed by atoms with Gasteiger partial charge in [0.25, 0.3) is 0 Å². The van der Waals surface area contributed by atoms with Crippen LogP contribution in [0.4, 0.5) is 0 Å². The maximum absolute atomic E-state index is 10.7. The molecular weight excluding hydrogens is 216 g/mol. The fourth-order valence-corrected chi connectivity index (χ4v) is 1.40. The Bertz CT molecular complexity index is 350. The number of hydrogen-bond donors (Lipinski definition) is 0. The third-order valence-corrected chi connectivity index (χ3v) is 2.18. The zero-order chi connectivity index (χ0) is 11.3. The molecule has 3 nitrogen and oxygen atoms in total. The van der Waals surface area contributed by atoms with Crippen molar-refractivity contribution in [2.75, 3.05) is 13.2 Å². The maximum atomic E-state index is 10.7. The molecule has 1 rings (SSSR count). The molecule has 0 heterocycles. The molecule has 0 saturated carbocycles. The van der Waals surface area contributed by atoms with Crippen molar-refractivity contribution in [2.45, 2.75) is 13.8 Å². The van der Waals surface area contributed by atoms with E-state index in [0.717, 1.165) is 0 Å². The van der Waals surface area contributed by atoms with Gasteiger partial charge in [0, 0.05) is 11.6 Å². The van der Waals surface area contributed by atoms with Crippen LogP contribution in [-0.2, 0) is 0 Å². The topological polar surface area (TPSA) is 35.5 Å². The molecule has 0 radical (unpaired) electrons. The van der Waals surface area contributed by atoms with Gasteiger partial charge >= 0.3 is 0 Å². The highest BCUT2D eigenvalue weighted by atomic mass is 35.5. The van der Waals surface area contributed by atoms with Crippen LogP contribution >= 0.6 is 11.6 Å². The van der Waals surface area contributed by atoms with Gasteiger partial charge in [-0.1, -0.05) is 11.6 Å². The molecule has 15 heavy (non-hydrogen) atoms. The highest BCUT2D eigenvalue weighted by Crippen LogP contribution is 2.32. The maximum Gasteiger partial charge on any atom is 0.151 e. The van der Waals surface area contributed by atoms with Crippen LogP contribution in [-0.4, -0.2) is 19.5 Å². The molecule has 0 spiro atoms. The van der Waals surface area contributed by atoms with Gasteiger partial charge in [0.1, 0.15) is 11.5 Å². The van der Waals surface area contributed by atoms with E-state index >= 15 is 0 Å². The minimum Gasteiger partial charge on any atom is -0.494 e. The van der Waals surface area contributed by atoms with Crippen LogP contribution in [0.15, 0.2) is 12.1 Å². The number of benzene rings is 1. The van der Waals surface area contributed by atoms with E-state index in [4.69, 9.17) is 21.1 Å². The number of carbonyl (C=O) groups excluding carboxylic acids is 1. The number of ether oxygens (including phenoxy) is 2. The molecule has 1 aromatic rings. The summed E-state index contributed by atoms with van der Waals surface area (Å²) in [7, 11) is 0. The van der Waals surface area contributed by atoms with Crippen molar-refractivity contribution >= 4 is 17.9 Å². The third-order valence-electron chi connectivity index (χ3n) is 1.78. The normalized spacial score (nSPS) is 9.80. The van der Waals surface area contributed by atoms with Crippen molar-refractivity contribution in [1.82, 2.24) is 0 Å². The summed E-state index contributed by atoms with van der Waals surface area (Å²) in [4.78, 5) is 10.7. The van der Waals surface area contributed by atoms with Crippen LogP contribution in [0.25, 0.3) is 0 Å². The Labute approximate surface area is 93.9 Å². The lowest BCUT2D eigenvalue weighted by Crippen LogP contribution is -1.98. The van der Waals surface area contributed by atoms with Crippen molar-refractivity contribution in [3.63, 3.8) is 0 Å². The Morgan fingerprint density at radius 2 is 1.93 bits per heavy atom. The highest BCUT2D eigenvalue weighted by molar-refractivity contribution is 6.34. The first-order chi connectivity index (χ1) is 7.22. The first-order valence-electron chi connectivity index (χ1n) is 4.77. The number of carbonyl (C=O) groups is 1. The van der Waals surface area contributed by atoms with Gasteiger partial charge in [0.05, 0.1) is 18.2 Å². The molecule has 0 aromatic heterocycles. The van der Waals surface area contributed by atoms with Crippen LogP contribution in [0.1, 0.15) is 24.2 Å². The summed E-state index contributed by atoms with van der Waals surface area (Å²) in [5.41, 5.74) is 0.381. The lowest BCUT2D eigenvalue weighted by atomic mass is 10.2. The van der Waals surface area contributed by atoms with Crippen LogP contribution in [0.5, 0.6) is 11.5 Å². The predicted octanol–water partition coefficient (Wildman–Crippen LogP) is 2.95. The van der Waals surface area contributed by atoms with Crippen LogP contribution in [0.2, 0.25) is 5.02 Å². The Kier molecular flexibility index (Phi) is 4.43. The van der Waals surface area contributed by atoms with Gasteiger partial charge in [-0.15, -0.1) is 0 Å². The fraction of sp³-hybridized carbons (Fsp3) is 0.364. The summed E-state index contributed by atoms with van der Waals surface area (Å²) in [6.07, 6.45) is 0.688. The average molecular weight is 229 g/mol. The zero-order valence-corrected chi connectivity index (χ0v) is 9.50. The molecule has 0 amide bonds. The second kappa shape index (κ2) is 5.61. The van der Waals surface area contributed by atoms with Crippen LogP contribution in [0, 0.1) is 0 Å². The van der Waals surface area contributed by atoms with Gasteiger partial charge in [-0.05, 0) is 19.9 Å². The van der Waals surface area contributed by atoms with E-state index in [0.29, 0.717) is 41.6 Å². The number of hydrogen-bond acceptors (Lipinski definition) is 3. The second-order valence-electron chi connectivity index (χ2n) is 2.81. The molecule has 4 heteroatoms. The molecule has 0 N–H and O–H groups in total. The van der Waals surface area contributed by atoms with Gasteiger partial charge in [-0.25, -0.2) is 0 Å². The third kappa shape index (κ3) is 2.86. The Morgan fingerprint density at radius 3 is 2.47 bits per heavy atom. The van der Waals surface area contributed by atoms with Crippen molar-refractivity contribution < 1.29 is 14.3 Å². The molecule has 0 unspecified atom stereocenters. The molecular formula is C11H13ClO3. The van der Waals surface area contributed by atoms with E-state index in [9.17, 15) is 4.79 Å². The summed E-state index contributed by atoms with van der Waals surface area (Å²) in [5.74, 6) is 1.07. The van der Waals surface area contributed by atoms with E-state index in [2.05, 4.69) is 0 Å². The zero-order valence-electron chi connectivity index (χ0n) is 8.75. The van der Waals surface area contributed by atoms with Gasteiger partial charge in [0.15, 0.2) is 6.29 Å². The summed E-state index contributed by atoms with van der Waals surface area (Å²) < 4.78 is 10.6. The quantitative estimate of drug-likeness (QED) is 0.727. The standard InChI is InChI=1S/C11H13ClO3/c1-3-14-9-5-8(7-13)11(12)10(6-9)15-4-2/h5-7H,3-4H2,1-2H3. The first-order valence-corrected chi connectivity index (χ1v) is 5.15. The minimum absolute atomic E-state index is 0.329. The van der Waals surface area contributed by atoms with Gasteiger partial charge < -0.3 is 9.47 Å². The summed E-state index contributed by atoms with van der Waals surface area (Å²) in [6, 6.07) is 3.28. The van der Waals surface area contributed by atoms with E-state index < -0.39 is 0 Å². The molecule has 0 atom stereocenters. The molecule has 0 fully saturated rings. The number of rotatable bonds is 5. The van der Waals surface area contributed by atoms with Crippen molar-refractivity contribution in [3.8, 4) is 11.5 Å². The molecule has 0 aliphatic heterocycles. The summed E-state index contributed by atoms with van der Waals surface area (Å²) in [6.45, 7) is 4.75. The van der Waals surface area contributed by atoms with E-state index in [-0.39, 0.29) is 0 Å². The van der Waals surface area contributed by atoms with Gasteiger partial charge in [-0.3, -0.25) is 4.79 Å². The van der Waals surface area contributed by atoms with Gasteiger partial charge in [-0.2, -0.15) is 0 Å². The van der Waals surface area contributed by atoms with Crippen molar-refractivity contribution in [2.24, 2.45) is 0 Å². The molecule has 0 aliphatic carbocycles. The average Bonchev–Trinajstić information content (AvgIpc) is 2.23. The number of aldehydes is 1. The Balaban J connectivity index is 3.12. The Morgan fingerprint density at radius 1 is 1.27 bits per heavy atom. The highest BCUT2D eigenvalue weighted by Gasteiger charge is 2.10. The molecule has 1 aromatic carbocycles. The van der Waals surface area contributed by atoms with Crippen LogP contribution < -0.4 is 9.47 Å².